The fraction of sp³-hybridized carbons (Fsp3) is 0.235. The van der Waals surface area contributed by atoms with Crippen molar-refractivity contribution in [2.24, 2.45) is 0 Å². The second kappa shape index (κ2) is 6.66. The molecule has 0 saturated carbocycles. The highest BCUT2D eigenvalue weighted by Crippen LogP contribution is 2.20. The number of carbonyl (C=O) groups is 1. The Morgan fingerprint density at radius 3 is 2.22 bits per heavy atom. The maximum absolute atomic E-state index is 13.9. The maximum atomic E-state index is 13.9. The zero-order valence-electron chi connectivity index (χ0n) is 12.3. The summed E-state index contributed by atoms with van der Waals surface area (Å²) in [4.78, 5) is 16.2. The van der Waals surface area contributed by atoms with E-state index in [4.69, 9.17) is 0 Å². The van der Waals surface area contributed by atoms with Gasteiger partial charge in [-0.3, -0.25) is 4.79 Å². The molecule has 23 heavy (non-hydrogen) atoms. The van der Waals surface area contributed by atoms with Crippen molar-refractivity contribution in [1.82, 2.24) is 4.90 Å². The Morgan fingerprint density at radius 1 is 0.957 bits per heavy atom. The van der Waals surface area contributed by atoms with E-state index in [9.17, 15) is 13.6 Å². The van der Waals surface area contributed by atoms with Crippen molar-refractivity contribution in [2.75, 3.05) is 31.1 Å². The van der Waals surface area contributed by atoms with Gasteiger partial charge in [-0.25, -0.2) is 8.78 Å². The first-order valence-electron chi connectivity index (χ1n) is 7.29. The number of hydrogen-bond donors (Lipinski definition) is 0. The molecule has 2 aromatic rings. The standard InChI is InChI=1S/C17H15BrF2N2O/c18-12-1-6-15(16(20)11-12)17(23)22-9-7-21(8-10-22)14-4-2-13(19)3-5-14/h1-6,11H,7-10H2. The molecule has 6 heteroatoms. The van der Waals surface area contributed by atoms with Crippen molar-refractivity contribution in [3.05, 3.63) is 64.1 Å². The Bertz CT molecular complexity index is 713. The van der Waals surface area contributed by atoms with E-state index >= 15 is 0 Å². The highest BCUT2D eigenvalue weighted by atomic mass is 79.9. The lowest BCUT2D eigenvalue weighted by Gasteiger charge is -2.36. The van der Waals surface area contributed by atoms with Crippen LogP contribution in [-0.2, 0) is 0 Å². The van der Waals surface area contributed by atoms with Crippen LogP contribution in [0.3, 0.4) is 0 Å². The van der Waals surface area contributed by atoms with Gasteiger partial charge in [0.15, 0.2) is 0 Å². The Labute approximate surface area is 141 Å². The van der Waals surface area contributed by atoms with Crippen molar-refractivity contribution >= 4 is 27.5 Å². The zero-order chi connectivity index (χ0) is 16.4. The third kappa shape index (κ3) is 3.52. The smallest absolute Gasteiger partial charge is 0.256 e. The molecule has 1 saturated heterocycles. The van der Waals surface area contributed by atoms with E-state index in [2.05, 4.69) is 20.8 Å². The number of hydrogen-bond acceptors (Lipinski definition) is 2. The van der Waals surface area contributed by atoms with Gasteiger partial charge in [-0.2, -0.15) is 0 Å². The normalized spacial score (nSPS) is 14.9. The molecule has 0 aromatic heterocycles. The molecule has 0 spiro atoms. The van der Waals surface area contributed by atoms with Crippen LogP contribution in [0.15, 0.2) is 46.9 Å². The van der Waals surface area contributed by atoms with Gasteiger partial charge in [0, 0.05) is 36.3 Å². The van der Waals surface area contributed by atoms with Gasteiger partial charge >= 0.3 is 0 Å². The molecular formula is C17H15BrF2N2O. The van der Waals surface area contributed by atoms with Crippen LogP contribution in [0, 0.1) is 11.6 Å². The average Bonchev–Trinajstić information content (AvgIpc) is 2.55. The summed E-state index contributed by atoms with van der Waals surface area (Å²) in [5, 5.41) is 0. The number of piperazine rings is 1. The second-order valence-corrected chi connectivity index (χ2v) is 6.30. The van der Waals surface area contributed by atoms with Crippen LogP contribution in [0.4, 0.5) is 14.5 Å². The van der Waals surface area contributed by atoms with E-state index in [0.29, 0.717) is 30.7 Å². The molecule has 1 amide bonds. The van der Waals surface area contributed by atoms with E-state index in [1.54, 1.807) is 23.1 Å². The number of carbonyl (C=O) groups excluding carboxylic acids is 1. The van der Waals surface area contributed by atoms with Crippen LogP contribution in [0.5, 0.6) is 0 Å². The van der Waals surface area contributed by atoms with Gasteiger partial charge in [0.2, 0.25) is 0 Å². The van der Waals surface area contributed by atoms with Crippen LogP contribution in [0.2, 0.25) is 0 Å². The largest absolute Gasteiger partial charge is 0.368 e. The van der Waals surface area contributed by atoms with Crippen LogP contribution >= 0.6 is 15.9 Å². The van der Waals surface area contributed by atoms with Crippen LogP contribution in [0.25, 0.3) is 0 Å². The van der Waals surface area contributed by atoms with Crippen LogP contribution < -0.4 is 4.90 Å². The van der Waals surface area contributed by atoms with E-state index in [-0.39, 0.29) is 17.3 Å². The number of nitrogens with zero attached hydrogens (tertiary/aromatic N) is 2. The molecule has 1 fully saturated rings. The average molecular weight is 381 g/mol. The summed E-state index contributed by atoms with van der Waals surface area (Å²) in [5.74, 6) is -1.09. The molecule has 1 heterocycles. The minimum absolute atomic E-state index is 0.0865. The lowest BCUT2D eigenvalue weighted by atomic mass is 10.1. The van der Waals surface area contributed by atoms with Gasteiger partial charge in [-0.1, -0.05) is 15.9 Å². The number of benzene rings is 2. The topological polar surface area (TPSA) is 23.6 Å². The van der Waals surface area contributed by atoms with Crippen molar-refractivity contribution in [2.45, 2.75) is 0 Å². The molecule has 0 aliphatic carbocycles. The highest BCUT2D eigenvalue weighted by Gasteiger charge is 2.24. The second-order valence-electron chi connectivity index (χ2n) is 5.38. The third-order valence-corrected chi connectivity index (χ3v) is 4.41. The fourth-order valence-electron chi connectivity index (χ4n) is 2.65. The quantitative estimate of drug-likeness (QED) is 0.792. The fourth-order valence-corrected chi connectivity index (χ4v) is 2.99. The molecule has 120 valence electrons. The van der Waals surface area contributed by atoms with E-state index in [0.717, 1.165) is 5.69 Å². The SMILES string of the molecule is O=C(c1ccc(Br)cc1F)N1CCN(c2ccc(F)cc2)CC1. The molecule has 0 atom stereocenters. The summed E-state index contributed by atoms with van der Waals surface area (Å²) in [5.41, 5.74) is 1.01. The lowest BCUT2D eigenvalue weighted by Crippen LogP contribution is -2.49. The number of rotatable bonds is 2. The Balaban J connectivity index is 1.66. The summed E-state index contributed by atoms with van der Waals surface area (Å²) in [6.07, 6.45) is 0. The number of amides is 1. The molecule has 1 aliphatic rings. The molecule has 1 aliphatic heterocycles. The van der Waals surface area contributed by atoms with Gasteiger partial charge < -0.3 is 9.80 Å². The molecular weight excluding hydrogens is 366 g/mol. The minimum atomic E-state index is -0.523. The molecule has 0 N–H and O–H groups in total. The molecule has 0 unspecified atom stereocenters. The Hall–Kier alpha value is -1.95. The predicted octanol–water partition coefficient (Wildman–Crippen LogP) is 3.69. The first-order chi connectivity index (χ1) is 11.0. The summed E-state index contributed by atoms with van der Waals surface area (Å²) in [6.45, 7) is 2.28. The summed E-state index contributed by atoms with van der Waals surface area (Å²) < 4.78 is 27.5. The van der Waals surface area contributed by atoms with Crippen LogP contribution in [-0.4, -0.2) is 37.0 Å². The Morgan fingerprint density at radius 2 is 1.61 bits per heavy atom. The van der Waals surface area contributed by atoms with E-state index in [1.165, 1.54) is 24.3 Å². The molecule has 2 aromatic carbocycles. The first kappa shape index (κ1) is 15.9. The van der Waals surface area contributed by atoms with Crippen molar-refractivity contribution in [3.63, 3.8) is 0 Å². The third-order valence-electron chi connectivity index (χ3n) is 3.92. The highest BCUT2D eigenvalue weighted by molar-refractivity contribution is 9.10. The molecule has 3 nitrogen and oxygen atoms in total. The van der Waals surface area contributed by atoms with Crippen LogP contribution in [0.1, 0.15) is 10.4 Å². The number of halogens is 3. The summed E-state index contributed by atoms with van der Waals surface area (Å²) in [7, 11) is 0. The van der Waals surface area contributed by atoms with Gasteiger partial charge in [-0.15, -0.1) is 0 Å². The first-order valence-corrected chi connectivity index (χ1v) is 8.09. The monoisotopic (exact) mass is 380 g/mol. The molecule has 0 radical (unpaired) electrons. The van der Waals surface area contributed by atoms with E-state index < -0.39 is 5.82 Å². The Kier molecular flexibility index (Phi) is 4.61. The maximum Gasteiger partial charge on any atom is 0.256 e. The lowest BCUT2D eigenvalue weighted by molar-refractivity contribution is 0.0742. The van der Waals surface area contributed by atoms with Crippen molar-refractivity contribution < 1.29 is 13.6 Å². The van der Waals surface area contributed by atoms with Crippen molar-refractivity contribution in [1.29, 1.82) is 0 Å². The van der Waals surface area contributed by atoms with Gasteiger partial charge in [0.25, 0.3) is 5.91 Å². The summed E-state index contributed by atoms with van der Waals surface area (Å²) in [6, 6.07) is 10.7. The van der Waals surface area contributed by atoms with Crippen molar-refractivity contribution in [3.8, 4) is 0 Å². The molecule has 0 bridgehead atoms. The van der Waals surface area contributed by atoms with Gasteiger partial charge in [0.1, 0.15) is 11.6 Å². The number of anilines is 1. The zero-order valence-corrected chi connectivity index (χ0v) is 13.9. The van der Waals surface area contributed by atoms with E-state index in [1.807, 2.05) is 0 Å². The summed E-state index contributed by atoms with van der Waals surface area (Å²) >= 11 is 3.18. The van der Waals surface area contributed by atoms with Gasteiger partial charge in [-0.05, 0) is 42.5 Å². The van der Waals surface area contributed by atoms with Gasteiger partial charge in [0.05, 0.1) is 5.56 Å². The minimum Gasteiger partial charge on any atom is -0.368 e. The molecule has 3 rings (SSSR count). The predicted molar refractivity (Wildman–Crippen MR) is 88.6 cm³/mol.